The lowest BCUT2D eigenvalue weighted by molar-refractivity contribution is -0.143. The van der Waals surface area contributed by atoms with Crippen molar-refractivity contribution in [2.75, 3.05) is 20.2 Å². The van der Waals surface area contributed by atoms with Gasteiger partial charge < -0.3 is 9.84 Å². The topological polar surface area (TPSA) is 79.7 Å². The van der Waals surface area contributed by atoms with Crippen molar-refractivity contribution in [2.24, 2.45) is 17.8 Å². The summed E-state index contributed by atoms with van der Waals surface area (Å²) in [6, 6.07) is 3.31. The molecule has 1 saturated carbocycles. The number of piperidine rings is 1. The molecule has 2 aliphatic rings. The molecule has 0 radical (unpaired) electrons. The van der Waals surface area contributed by atoms with Gasteiger partial charge >= 0.3 is 11.9 Å². The molecule has 1 aromatic rings. The predicted octanol–water partition coefficient (Wildman–Crippen LogP) is 0.631. The zero-order chi connectivity index (χ0) is 14.3. The van der Waals surface area contributed by atoms with Crippen LogP contribution in [0.25, 0.3) is 0 Å². The van der Waals surface area contributed by atoms with Gasteiger partial charge in [0.25, 0.3) is 0 Å². The molecule has 2 fully saturated rings. The number of carboxylic acids is 1. The summed E-state index contributed by atoms with van der Waals surface area (Å²) in [6.07, 6.45) is 1.60. The molecule has 1 N–H and O–H groups in total. The number of carbonyl (C=O) groups is 2. The first-order valence-electron chi connectivity index (χ1n) is 6.58. The maximum absolute atomic E-state index is 11.4. The smallest absolute Gasteiger partial charge is 0.354 e. The van der Waals surface area contributed by atoms with Crippen LogP contribution in [0.3, 0.4) is 0 Å². The molecule has 1 aromatic heterocycles. The minimum Gasteiger partial charge on any atom is -0.477 e. The van der Waals surface area contributed by atoms with Crippen LogP contribution in [0.4, 0.5) is 0 Å². The van der Waals surface area contributed by atoms with Crippen molar-refractivity contribution in [2.45, 2.75) is 6.54 Å². The van der Waals surface area contributed by atoms with Crippen LogP contribution in [-0.2, 0) is 16.1 Å². The highest BCUT2D eigenvalue weighted by atomic mass is 16.5. The van der Waals surface area contributed by atoms with Crippen LogP contribution < -0.4 is 0 Å². The number of likely N-dealkylation sites (tertiary alicyclic amines) is 1. The molecule has 0 amide bonds. The van der Waals surface area contributed by atoms with Crippen molar-refractivity contribution in [3.63, 3.8) is 0 Å². The summed E-state index contributed by atoms with van der Waals surface area (Å²) >= 11 is 0. The van der Waals surface area contributed by atoms with Gasteiger partial charge in [-0.2, -0.15) is 0 Å². The molecule has 6 heteroatoms. The Morgan fingerprint density at radius 1 is 1.40 bits per heavy atom. The van der Waals surface area contributed by atoms with Crippen LogP contribution in [-0.4, -0.2) is 47.1 Å². The molecule has 106 valence electrons. The normalized spacial score (nSPS) is 27.9. The number of esters is 1. The molecule has 2 heterocycles. The van der Waals surface area contributed by atoms with Crippen molar-refractivity contribution < 1.29 is 19.4 Å². The van der Waals surface area contributed by atoms with Crippen molar-refractivity contribution >= 4 is 11.9 Å². The van der Waals surface area contributed by atoms with Gasteiger partial charge in [0.15, 0.2) is 0 Å². The Labute approximate surface area is 116 Å². The number of ether oxygens (including phenoxy) is 1. The number of pyridine rings is 1. The Morgan fingerprint density at radius 3 is 2.60 bits per heavy atom. The van der Waals surface area contributed by atoms with Gasteiger partial charge in [-0.1, -0.05) is 6.07 Å². The van der Waals surface area contributed by atoms with Gasteiger partial charge in [0.1, 0.15) is 5.69 Å². The highest BCUT2D eigenvalue weighted by Gasteiger charge is 2.59. The molecule has 0 aromatic carbocycles. The van der Waals surface area contributed by atoms with Gasteiger partial charge in [-0.05, 0) is 23.5 Å². The minimum absolute atomic E-state index is 0.0591. The first-order chi connectivity index (χ1) is 9.60. The Bertz CT molecular complexity index is 531. The Balaban J connectivity index is 1.54. The molecule has 3 rings (SSSR count). The number of nitrogens with zero attached hydrogens (tertiary/aromatic N) is 2. The van der Waals surface area contributed by atoms with E-state index in [0.29, 0.717) is 11.8 Å². The fraction of sp³-hybridized carbons (Fsp3) is 0.500. The van der Waals surface area contributed by atoms with Crippen LogP contribution in [0.15, 0.2) is 18.3 Å². The summed E-state index contributed by atoms with van der Waals surface area (Å²) < 4.78 is 4.78. The molecule has 1 aliphatic heterocycles. The molecule has 20 heavy (non-hydrogen) atoms. The van der Waals surface area contributed by atoms with E-state index in [1.165, 1.54) is 13.2 Å². The second-order valence-corrected chi connectivity index (χ2v) is 5.43. The summed E-state index contributed by atoms with van der Waals surface area (Å²) in [5.74, 6) is -0.168. The molecule has 2 unspecified atom stereocenters. The minimum atomic E-state index is -1.01. The maximum atomic E-state index is 11.4. The quantitative estimate of drug-likeness (QED) is 0.813. The van der Waals surface area contributed by atoms with Crippen molar-refractivity contribution in [1.29, 1.82) is 0 Å². The van der Waals surface area contributed by atoms with Gasteiger partial charge in [0.05, 0.1) is 13.0 Å². The number of fused-ring (bicyclic) bond motifs is 1. The summed E-state index contributed by atoms with van der Waals surface area (Å²) in [7, 11) is 1.43. The standard InChI is InChI=1S/C14H16N2O4/c1-20-14(19)12-9-6-16(7-10(9)12)5-8-2-3-11(13(17)18)15-4-8/h2-4,9-10,12H,5-7H2,1H3,(H,17,18). The van der Waals surface area contributed by atoms with E-state index in [1.54, 1.807) is 12.3 Å². The lowest BCUT2D eigenvalue weighted by Crippen LogP contribution is -2.26. The van der Waals surface area contributed by atoms with E-state index in [2.05, 4.69) is 9.88 Å². The Kier molecular flexibility index (Phi) is 3.17. The van der Waals surface area contributed by atoms with Crippen LogP contribution in [0.1, 0.15) is 16.1 Å². The fourth-order valence-electron chi connectivity index (χ4n) is 3.13. The van der Waals surface area contributed by atoms with Crippen molar-refractivity contribution in [3.05, 3.63) is 29.6 Å². The van der Waals surface area contributed by atoms with E-state index in [-0.39, 0.29) is 17.6 Å². The van der Waals surface area contributed by atoms with Crippen molar-refractivity contribution in [3.8, 4) is 0 Å². The maximum Gasteiger partial charge on any atom is 0.354 e. The average molecular weight is 276 g/mol. The largest absolute Gasteiger partial charge is 0.477 e. The number of hydrogen-bond donors (Lipinski definition) is 1. The zero-order valence-corrected chi connectivity index (χ0v) is 11.2. The van der Waals surface area contributed by atoms with E-state index in [1.807, 2.05) is 0 Å². The third-order valence-electron chi connectivity index (χ3n) is 4.19. The lowest BCUT2D eigenvalue weighted by Gasteiger charge is -2.18. The summed E-state index contributed by atoms with van der Waals surface area (Å²) in [4.78, 5) is 28.3. The van der Waals surface area contributed by atoms with E-state index < -0.39 is 5.97 Å². The molecule has 0 spiro atoms. The van der Waals surface area contributed by atoms with E-state index in [4.69, 9.17) is 9.84 Å². The zero-order valence-electron chi connectivity index (χ0n) is 11.2. The van der Waals surface area contributed by atoms with Gasteiger partial charge in [-0.3, -0.25) is 9.69 Å². The molecule has 6 nitrogen and oxygen atoms in total. The molecule has 1 saturated heterocycles. The molecule has 1 aliphatic carbocycles. The highest BCUT2D eigenvalue weighted by molar-refractivity contribution is 5.85. The third-order valence-corrected chi connectivity index (χ3v) is 4.19. The SMILES string of the molecule is COC(=O)C1C2CN(Cc3ccc(C(=O)O)nc3)CC21. The Hall–Kier alpha value is -1.95. The summed E-state index contributed by atoms with van der Waals surface area (Å²) in [5.41, 5.74) is 1.05. The van der Waals surface area contributed by atoms with Crippen molar-refractivity contribution in [1.82, 2.24) is 9.88 Å². The number of carbonyl (C=O) groups excluding carboxylic acids is 1. The molecule has 2 atom stereocenters. The number of aromatic nitrogens is 1. The van der Waals surface area contributed by atoms with Crippen LogP contribution in [0.5, 0.6) is 0 Å². The molecule has 0 bridgehead atoms. The third kappa shape index (κ3) is 2.27. The number of rotatable bonds is 4. The first kappa shape index (κ1) is 13.1. The summed E-state index contributed by atoms with van der Waals surface area (Å²) in [6.45, 7) is 2.53. The van der Waals surface area contributed by atoms with E-state index in [9.17, 15) is 9.59 Å². The van der Waals surface area contributed by atoms with E-state index >= 15 is 0 Å². The predicted molar refractivity (Wildman–Crippen MR) is 69.0 cm³/mol. The van der Waals surface area contributed by atoms with Gasteiger partial charge in [0.2, 0.25) is 0 Å². The van der Waals surface area contributed by atoms with Crippen LogP contribution >= 0.6 is 0 Å². The number of carboxylic acid groups (broad SMARTS) is 1. The van der Waals surface area contributed by atoms with Gasteiger partial charge in [-0.15, -0.1) is 0 Å². The second-order valence-electron chi connectivity index (χ2n) is 5.43. The Morgan fingerprint density at radius 2 is 2.10 bits per heavy atom. The average Bonchev–Trinajstić information content (AvgIpc) is 2.95. The first-order valence-corrected chi connectivity index (χ1v) is 6.58. The number of aromatic carboxylic acids is 1. The molecular formula is C14H16N2O4. The van der Waals surface area contributed by atoms with Gasteiger partial charge in [0, 0.05) is 25.8 Å². The van der Waals surface area contributed by atoms with Crippen LogP contribution in [0.2, 0.25) is 0 Å². The highest BCUT2D eigenvalue weighted by Crippen LogP contribution is 2.52. The van der Waals surface area contributed by atoms with Gasteiger partial charge in [-0.25, -0.2) is 9.78 Å². The summed E-state index contributed by atoms with van der Waals surface area (Å²) in [5, 5.41) is 8.79. The number of hydrogen-bond acceptors (Lipinski definition) is 5. The number of methoxy groups -OCH3 is 1. The lowest BCUT2D eigenvalue weighted by atomic mass is 10.2. The fourth-order valence-corrected chi connectivity index (χ4v) is 3.13. The molecular weight excluding hydrogens is 260 g/mol. The van der Waals surface area contributed by atoms with Crippen LogP contribution in [0, 0.1) is 17.8 Å². The van der Waals surface area contributed by atoms with E-state index in [0.717, 1.165) is 25.2 Å². The second kappa shape index (κ2) is 4.86. The monoisotopic (exact) mass is 276 g/mol.